The fourth-order valence-electron chi connectivity index (χ4n) is 2.36. The maximum atomic E-state index is 12.1. The Bertz CT molecular complexity index is 713. The summed E-state index contributed by atoms with van der Waals surface area (Å²) in [5.74, 6) is 0.600. The summed E-state index contributed by atoms with van der Waals surface area (Å²) >= 11 is 0. The van der Waals surface area contributed by atoms with Crippen LogP contribution in [-0.4, -0.2) is 26.3 Å². The number of hydrogen-bond donors (Lipinski definition) is 0. The van der Waals surface area contributed by atoms with E-state index < -0.39 is 0 Å². The van der Waals surface area contributed by atoms with Crippen molar-refractivity contribution < 1.29 is 14.4 Å². The summed E-state index contributed by atoms with van der Waals surface area (Å²) < 4.78 is 5.97. The summed E-state index contributed by atoms with van der Waals surface area (Å²) in [5, 5.41) is 3.52. The second-order valence-corrected chi connectivity index (χ2v) is 5.19. The molecule has 126 valence electrons. The summed E-state index contributed by atoms with van der Waals surface area (Å²) in [6.07, 6.45) is 2.05. The second kappa shape index (κ2) is 8.72. The molecule has 24 heavy (non-hydrogen) atoms. The molecule has 5 heteroatoms. The third kappa shape index (κ3) is 4.35. The average molecular weight is 326 g/mol. The average Bonchev–Trinajstić information content (AvgIpc) is 2.64. The number of carbonyl (C=O) groups is 1. The monoisotopic (exact) mass is 326 g/mol. The van der Waals surface area contributed by atoms with Crippen molar-refractivity contribution in [2.75, 3.05) is 19.1 Å². The number of hydrogen-bond acceptors (Lipinski definition) is 4. The van der Waals surface area contributed by atoms with Gasteiger partial charge < -0.3 is 14.5 Å². The van der Waals surface area contributed by atoms with Crippen LogP contribution in [0.25, 0.3) is 0 Å². The Balaban J connectivity index is 2.17. The van der Waals surface area contributed by atoms with Crippen molar-refractivity contribution in [1.29, 1.82) is 0 Å². The molecule has 0 saturated heterocycles. The van der Waals surface area contributed by atoms with Gasteiger partial charge in [-0.3, -0.25) is 4.79 Å². The maximum Gasteiger partial charge on any atom is 0.272 e. The summed E-state index contributed by atoms with van der Waals surface area (Å²) in [6.45, 7) is 2.48. The molecular weight excluding hydrogens is 304 g/mol. The number of anilines is 1. The third-order valence-corrected chi connectivity index (χ3v) is 3.69. The molecule has 0 fully saturated rings. The van der Waals surface area contributed by atoms with Gasteiger partial charge in [-0.2, -0.15) is 0 Å². The predicted octanol–water partition coefficient (Wildman–Crippen LogP) is 3.42. The Morgan fingerprint density at radius 1 is 1.12 bits per heavy atom. The van der Waals surface area contributed by atoms with Gasteiger partial charge in [-0.1, -0.05) is 48.5 Å². The Kier molecular flexibility index (Phi) is 6.37. The quantitative estimate of drug-likeness (QED) is 0.578. The minimum atomic E-state index is -0.266. The largest absolute Gasteiger partial charge is 0.489 e. The number of nitrogens with zero attached hydrogens (tertiary/aromatic N) is 2. The standard InChI is InChI=1S/C19H22N2O3/c1-4-15-9-6-8-12-18(15)24-14-16-10-5-7-11-17(16)21(2)19(22)13-20-23-3/h5-13H,4,14H2,1-3H3. The first-order chi connectivity index (χ1) is 11.7. The van der Waals surface area contributed by atoms with E-state index in [1.54, 1.807) is 7.05 Å². The smallest absolute Gasteiger partial charge is 0.272 e. The predicted molar refractivity (Wildman–Crippen MR) is 95.5 cm³/mol. The van der Waals surface area contributed by atoms with Crippen LogP contribution in [0.1, 0.15) is 18.1 Å². The van der Waals surface area contributed by atoms with Crippen LogP contribution in [0.3, 0.4) is 0 Å². The molecule has 2 aromatic carbocycles. The van der Waals surface area contributed by atoms with E-state index in [1.165, 1.54) is 12.0 Å². The first-order valence-corrected chi connectivity index (χ1v) is 7.80. The zero-order valence-electron chi connectivity index (χ0n) is 14.2. The van der Waals surface area contributed by atoms with Crippen molar-refractivity contribution in [1.82, 2.24) is 0 Å². The van der Waals surface area contributed by atoms with Crippen molar-refractivity contribution in [2.45, 2.75) is 20.0 Å². The van der Waals surface area contributed by atoms with E-state index >= 15 is 0 Å². The van der Waals surface area contributed by atoms with Crippen LogP contribution in [0.5, 0.6) is 5.75 Å². The molecule has 0 spiro atoms. The Morgan fingerprint density at radius 2 is 1.79 bits per heavy atom. The molecule has 0 heterocycles. The van der Waals surface area contributed by atoms with Gasteiger partial charge in [-0.25, -0.2) is 0 Å². The van der Waals surface area contributed by atoms with Crippen LogP contribution < -0.4 is 9.64 Å². The molecule has 0 N–H and O–H groups in total. The van der Waals surface area contributed by atoms with E-state index in [0.29, 0.717) is 6.61 Å². The summed E-state index contributed by atoms with van der Waals surface area (Å²) in [7, 11) is 3.10. The molecule has 0 unspecified atom stereocenters. The number of carbonyl (C=O) groups excluding carboxylic acids is 1. The highest BCUT2D eigenvalue weighted by Crippen LogP contribution is 2.24. The van der Waals surface area contributed by atoms with Gasteiger partial charge in [0, 0.05) is 12.6 Å². The topological polar surface area (TPSA) is 51.1 Å². The van der Waals surface area contributed by atoms with Crippen LogP contribution >= 0.6 is 0 Å². The van der Waals surface area contributed by atoms with Crippen LogP contribution in [0, 0.1) is 0 Å². The van der Waals surface area contributed by atoms with Crippen molar-refractivity contribution in [3.63, 3.8) is 0 Å². The zero-order valence-corrected chi connectivity index (χ0v) is 14.2. The zero-order chi connectivity index (χ0) is 17.4. The van der Waals surface area contributed by atoms with E-state index in [-0.39, 0.29) is 5.91 Å². The van der Waals surface area contributed by atoms with Crippen molar-refractivity contribution in [3.05, 3.63) is 59.7 Å². The third-order valence-electron chi connectivity index (χ3n) is 3.69. The molecule has 0 radical (unpaired) electrons. The number of ether oxygens (including phenoxy) is 1. The Hall–Kier alpha value is -2.82. The molecule has 2 aromatic rings. The van der Waals surface area contributed by atoms with Gasteiger partial charge in [-0.15, -0.1) is 0 Å². The van der Waals surface area contributed by atoms with Crippen LogP contribution in [0.4, 0.5) is 5.69 Å². The fourth-order valence-corrected chi connectivity index (χ4v) is 2.36. The minimum Gasteiger partial charge on any atom is -0.489 e. The number of oxime groups is 1. The van der Waals surface area contributed by atoms with E-state index in [1.807, 2.05) is 42.5 Å². The lowest BCUT2D eigenvalue weighted by atomic mass is 10.1. The number of para-hydroxylation sites is 2. The minimum absolute atomic E-state index is 0.266. The maximum absolute atomic E-state index is 12.1. The molecule has 0 aliphatic heterocycles. The van der Waals surface area contributed by atoms with Crippen LogP contribution in [-0.2, 0) is 22.7 Å². The van der Waals surface area contributed by atoms with E-state index in [0.717, 1.165) is 35.2 Å². The Labute approximate surface area is 142 Å². The second-order valence-electron chi connectivity index (χ2n) is 5.19. The fraction of sp³-hybridized carbons (Fsp3) is 0.263. The number of amides is 1. The Morgan fingerprint density at radius 3 is 2.50 bits per heavy atom. The molecule has 0 atom stereocenters. The van der Waals surface area contributed by atoms with Gasteiger partial charge in [0.2, 0.25) is 0 Å². The van der Waals surface area contributed by atoms with Gasteiger partial charge in [-0.05, 0) is 24.1 Å². The van der Waals surface area contributed by atoms with Crippen molar-refractivity contribution in [3.8, 4) is 5.75 Å². The van der Waals surface area contributed by atoms with Gasteiger partial charge in [0.05, 0.1) is 5.69 Å². The lowest BCUT2D eigenvalue weighted by molar-refractivity contribution is -0.112. The molecule has 0 aliphatic carbocycles. The summed E-state index contributed by atoms with van der Waals surface area (Å²) in [5.41, 5.74) is 2.86. The van der Waals surface area contributed by atoms with Crippen LogP contribution in [0.15, 0.2) is 53.7 Å². The highest BCUT2D eigenvalue weighted by Gasteiger charge is 2.13. The summed E-state index contributed by atoms with van der Waals surface area (Å²) in [6, 6.07) is 15.6. The molecule has 2 rings (SSSR count). The molecule has 0 bridgehead atoms. The molecule has 0 saturated carbocycles. The van der Waals surface area contributed by atoms with E-state index in [4.69, 9.17) is 4.74 Å². The van der Waals surface area contributed by atoms with Gasteiger partial charge in [0.15, 0.2) is 0 Å². The number of aryl methyl sites for hydroxylation is 1. The molecular formula is C19H22N2O3. The van der Waals surface area contributed by atoms with Crippen LogP contribution in [0.2, 0.25) is 0 Å². The van der Waals surface area contributed by atoms with Crippen molar-refractivity contribution in [2.24, 2.45) is 5.16 Å². The van der Waals surface area contributed by atoms with Crippen molar-refractivity contribution >= 4 is 17.8 Å². The number of benzene rings is 2. The lowest BCUT2D eigenvalue weighted by Gasteiger charge is -2.19. The first-order valence-electron chi connectivity index (χ1n) is 7.80. The summed E-state index contributed by atoms with van der Waals surface area (Å²) in [4.78, 5) is 18.2. The first kappa shape index (κ1) is 17.5. The lowest BCUT2D eigenvalue weighted by Crippen LogP contribution is -2.28. The molecule has 0 aromatic heterocycles. The van der Waals surface area contributed by atoms with E-state index in [9.17, 15) is 4.79 Å². The highest BCUT2D eigenvalue weighted by molar-refractivity contribution is 6.32. The molecule has 0 aliphatic rings. The van der Waals surface area contributed by atoms with Gasteiger partial charge in [0.25, 0.3) is 5.91 Å². The van der Waals surface area contributed by atoms with E-state index in [2.05, 4.69) is 23.0 Å². The highest BCUT2D eigenvalue weighted by atomic mass is 16.6. The van der Waals surface area contributed by atoms with Gasteiger partial charge >= 0.3 is 0 Å². The normalized spacial score (nSPS) is 10.6. The molecule has 1 amide bonds. The SMILES string of the molecule is CCc1ccccc1OCc1ccccc1N(C)C(=O)C=NOC. The molecule has 5 nitrogen and oxygen atoms in total. The van der Waals surface area contributed by atoms with Gasteiger partial charge in [0.1, 0.15) is 25.7 Å². The number of rotatable bonds is 7.